The molecule has 0 aliphatic carbocycles. The van der Waals surface area contributed by atoms with Crippen molar-refractivity contribution < 1.29 is 9.53 Å². The van der Waals surface area contributed by atoms with Crippen LogP contribution < -0.4 is 15.9 Å². The summed E-state index contributed by atoms with van der Waals surface area (Å²) in [5, 5.41) is 5.76. The van der Waals surface area contributed by atoms with Gasteiger partial charge < -0.3 is 9.64 Å². The Morgan fingerprint density at radius 2 is 1.75 bits per heavy atom. The molecular weight excluding hydrogens is 356 g/mol. The van der Waals surface area contributed by atoms with Gasteiger partial charge in [-0.2, -0.15) is 0 Å². The van der Waals surface area contributed by atoms with Crippen molar-refractivity contribution in [3.05, 3.63) is 70.0 Å². The van der Waals surface area contributed by atoms with Crippen molar-refractivity contribution in [1.29, 1.82) is 0 Å². The van der Waals surface area contributed by atoms with E-state index in [9.17, 15) is 9.59 Å². The summed E-state index contributed by atoms with van der Waals surface area (Å²) in [6, 6.07) is 15.1. The third-order valence-electron chi connectivity index (χ3n) is 4.81. The predicted molar refractivity (Wildman–Crippen MR) is 108 cm³/mol. The van der Waals surface area contributed by atoms with Gasteiger partial charge in [-0.3, -0.25) is 9.59 Å². The van der Waals surface area contributed by atoms with Crippen LogP contribution in [-0.4, -0.2) is 42.1 Å². The molecule has 0 spiro atoms. The molecule has 1 saturated heterocycles. The van der Waals surface area contributed by atoms with Crippen LogP contribution in [0.1, 0.15) is 11.1 Å². The van der Waals surface area contributed by atoms with Gasteiger partial charge in [-0.1, -0.05) is 48.0 Å². The maximum atomic E-state index is 12.8. The first-order chi connectivity index (χ1) is 13.6. The molecule has 28 heavy (non-hydrogen) atoms. The molecule has 1 fully saturated rings. The summed E-state index contributed by atoms with van der Waals surface area (Å²) >= 11 is 0. The molecule has 144 valence electrons. The molecule has 0 bridgehead atoms. The third kappa shape index (κ3) is 3.75. The normalized spacial score (nSPS) is 14.2. The zero-order valence-electron chi connectivity index (χ0n) is 15.7. The Bertz CT molecular complexity index is 1050. The fraction of sp³-hybridized carbons (Fsp3) is 0.286. The Labute approximate surface area is 162 Å². The van der Waals surface area contributed by atoms with Gasteiger partial charge in [0.2, 0.25) is 5.91 Å². The monoisotopic (exact) mass is 378 g/mol. The summed E-state index contributed by atoms with van der Waals surface area (Å²) in [4.78, 5) is 28.5. The number of morpholine rings is 1. The number of ether oxygens (including phenoxy) is 1. The minimum Gasteiger partial charge on any atom is -0.378 e. The van der Waals surface area contributed by atoms with Crippen LogP contribution in [-0.2, 0) is 16.0 Å². The molecule has 0 unspecified atom stereocenters. The number of benzene rings is 2. The average molecular weight is 378 g/mol. The smallest absolute Gasteiger partial charge is 0.294 e. The van der Waals surface area contributed by atoms with Crippen LogP contribution in [0.2, 0.25) is 0 Å². The highest BCUT2D eigenvalue weighted by atomic mass is 16.5. The number of nitrogens with zero attached hydrogens (tertiary/aromatic N) is 3. The largest absolute Gasteiger partial charge is 0.378 e. The molecule has 0 saturated carbocycles. The molecule has 1 amide bonds. The van der Waals surface area contributed by atoms with Gasteiger partial charge >= 0.3 is 0 Å². The minimum atomic E-state index is -0.343. The molecule has 1 N–H and O–H groups in total. The summed E-state index contributed by atoms with van der Waals surface area (Å²) in [7, 11) is 0. The van der Waals surface area contributed by atoms with Gasteiger partial charge in [0.1, 0.15) is 0 Å². The number of amides is 1. The summed E-state index contributed by atoms with van der Waals surface area (Å²) in [5.74, 6) is 0.385. The molecule has 0 atom stereocenters. The van der Waals surface area contributed by atoms with Gasteiger partial charge in [-0.25, -0.2) is 5.43 Å². The molecule has 1 aliphatic rings. The topological polar surface area (TPSA) is 76.5 Å². The minimum absolute atomic E-state index is 0.175. The van der Waals surface area contributed by atoms with Crippen LogP contribution in [0.4, 0.5) is 5.82 Å². The maximum absolute atomic E-state index is 12.8. The van der Waals surface area contributed by atoms with Crippen molar-refractivity contribution in [1.82, 2.24) is 9.89 Å². The van der Waals surface area contributed by atoms with Gasteiger partial charge in [0.15, 0.2) is 5.82 Å². The Morgan fingerprint density at radius 1 is 1.07 bits per heavy atom. The van der Waals surface area contributed by atoms with E-state index in [0.717, 1.165) is 21.3 Å². The van der Waals surface area contributed by atoms with Crippen molar-refractivity contribution in [3.63, 3.8) is 0 Å². The molecule has 1 aliphatic heterocycles. The fourth-order valence-corrected chi connectivity index (χ4v) is 3.31. The first-order valence-electron chi connectivity index (χ1n) is 9.32. The van der Waals surface area contributed by atoms with Crippen LogP contribution in [0.25, 0.3) is 10.8 Å². The average Bonchev–Trinajstić information content (AvgIpc) is 2.72. The molecule has 7 nitrogen and oxygen atoms in total. The van der Waals surface area contributed by atoms with E-state index in [1.165, 1.54) is 0 Å². The van der Waals surface area contributed by atoms with Crippen LogP contribution in [0.3, 0.4) is 0 Å². The highest BCUT2D eigenvalue weighted by molar-refractivity contribution is 5.92. The van der Waals surface area contributed by atoms with Gasteiger partial charge in [0.25, 0.3) is 5.56 Å². The van der Waals surface area contributed by atoms with Crippen molar-refractivity contribution in [2.24, 2.45) is 0 Å². The van der Waals surface area contributed by atoms with Crippen molar-refractivity contribution in [2.75, 3.05) is 36.6 Å². The first-order valence-corrected chi connectivity index (χ1v) is 9.32. The summed E-state index contributed by atoms with van der Waals surface area (Å²) in [6.45, 7) is 4.58. The van der Waals surface area contributed by atoms with E-state index in [0.29, 0.717) is 37.5 Å². The second-order valence-corrected chi connectivity index (χ2v) is 6.88. The lowest BCUT2D eigenvalue weighted by Gasteiger charge is -2.29. The first kappa shape index (κ1) is 18.2. The van der Waals surface area contributed by atoms with Crippen molar-refractivity contribution >= 4 is 22.5 Å². The second kappa shape index (κ2) is 7.82. The molecular formula is C21H22N4O3. The van der Waals surface area contributed by atoms with Gasteiger partial charge in [-0.05, 0) is 18.6 Å². The van der Waals surface area contributed by atoms with Crippen molar-refractivity contribution in [3.8, 4) is 0 Å². The van der Waals surface area contributed by atoms with Crippen LogP contribution in [0.5, 0.6) is 0 Å². The van der Waals surface area contributed by atoms with Crippen LogP contribution in [0, 0.1) is 6.92 Å². The van der Waals surface area contributed by atoms with E-state index in [1.807, 2.05) is 49.4 Å². The van der Waals surface area contributed by atoms with Gasteiger partial charge in [-0.15, -0.1) is 9.89 Å². The second-order valence-electron chi connectivity index (χ2n) is 6.88. The third-order valence-corrected chi connectivity index (χ3v) is 4.81. The Balaban J connectivity index is 1.66. The predicted octanol–water partition coefficient (Wildman–Crippen LogP) is 1.85. The number of anilines is 1. The molecule has 2 heterocycles. The van der Waals surface area contributed by atoms with Crippen molar-refractivity contribution in [2.45, 2.75) is 13.3 Å². The van der Waals surface area contributed by atoms with E-state index in [1.54, 1.807) is 6.07 Å². The number of aryl methyl sites for hydroxylation is 1. The number of carbonyl (C=O) groups is 1. The number of hydrogen-bond donors (Lipinski definition) is 1. The Hall–Kier alpha value is -3.19. The number of nitrogens with one attached hydrogen (secondary N) is 1. The lowest BCUT2D eigenvalue weighted by molar-refractivity contribution is -0.116. The standard InChI is InChI=1S/C21H22N4O3/c1-15-6-8-16(9-7-15)14-19(26)22-25-21(27)18-5-3-2-4-17(18)20(23-25)24-10-12-28-13-11-24/h2-9H,10-14H2,1H3,(H,22,26). The summed E-state index contributed by atoms with van der Waals surface area (Å²) < 4.78 is 5.42. The fourth-order valence-electron chi connectivity index (χ4n) is 3.31. The number of hydrogen-bond acceptors (Lipinski definition) is 5. The number of fused-ring (bicyclic) bond motifs is 1. The molecule has 4 rings (SSSR count). The van der Waals surface area contributed by atoms with E-state index in [-0.39, 0.29) is 17.9 Å². The Morgan fingerprint density at radius 3 is 2.46 bits per heavy atom. The SMILES string of the molecule is Cc1ccc(CC(=O)Nn2nc(N3CCOCC3)c3ccccc3c2=O)cc1. The number of carbonyl (C=O) groups excluding carboxylic acids is 1. The van der Waals surface area contributed by atoms with E-state index in [4.69, 9.17) is 4.74 Å². The van der Waals surface area contributed by atoms with Gasteiger partial charge in [0.05, 0.1) is 25.0 Å². The zero-order chi connectivity index (χ0) is 19.5. The van der Waals surface area contributed by atoms with E-state index >= 15 is 0 Å². The highest BCUT2D eigenvalue weighted by Gasteiger charge is 2.19. The highest BCUT2D eigenvalue weighted by Crippen LogP contribution is 2.22. The van der Waals surface area contributed by atoms with E-state index in [2.05, 4.69) is 15.4 Å². The lowest BCUT2D eigenvalue weighted by Crippen LogP contribution is -2.41. The molecule has 1 aromatic heterocycles. The van der Waals surface area contributed by atoms with Crippen LogP contribution in [0.15, 0.2) is 53.3 Å². The summed E-state index contributed by atoms with van der Waals surface area (Å²) in [6.07, 6.45) is 0.175. The molecule has 0 radical (unpaired) electrons. The summed E-state index contributed by atoms with van der Waals surface area (Å²) in [5.41, 5.74) is 4.31. The van der Waals surface area contributed by atoms with E-state index < -0.39 is 0 Å². The quantitative estimate of drug-likeness (QED) is 0.750. The lowest BCUT2D eigenvalue weighted by atomic mass is 10.1. The Kier molecular flexibility index (Phi) is 5.08. The van der Waals surface area contributed by atoms with Gasteiger partial charge in [0, 0.05) is 18.5 Å². The number of rotatable bonds is 4. The molecule has 7 heteroatoms. The number of aromatic nitrogens is 2. The molecule has 3 aromatic rings. The zero-order valence-corrected chi connectivity index (χ0v) is 15.7. The van der Waals surface area contributed by atoms with Crippen LogP contribution >= 0.6 is 0 Å². The maximum Gasteiger partial charge on any atom is 0.294 e. The molecule has 2 aromatic carbocycles.